The fourth-order valence-electron chi connectivity index (χ4n) is 2.56. The summed E-state index contributed by atoms with van der Waals surface area (Å²) in [4.78, 5) is 0. The van der Waals surface area contributed by atoms with Gasteiger partial charge in [0.2, 0.25) is 11.8 Å². The van der Waals surface area contributed by atoms with Crippen molar-refractivity contribution < 1.29 is 9.15 Å². The normalized spacial score (nSPS) is 10.6. The van der Waals surface area contributed by atoms with E-state index >= 15 is 0 Å². The molecule has 0 unspecified atom stereocenters. The van der Waals surface area contributed by atoms with E-state index in [4.69, 9.17) is 20.8 Å². The number of halogens is 1. The van der Waals surface area contributed by atoms with Crippen LogP contribution in [-0.4, -0.2) is 10.2 Å². The third-order valence-corrected chi connectivity index (χ3v) is 4.19. The summed E-state index contributed by atoms with van der Waals surface area (Å²) in [6, 6.07) is 24.7. The summed E-state index contributed by atoms with van der Waals surface area (Å²) in [5.74, 6) is 2.34. The molecule has 27 heavy (non-hydrogen) atoms. The van der Waals surface area contributed by atoms with Gasteiger partial charge in [-0.3, -0.25) is 0 Å². The van der Waals surface area contributed by atoms with Crippen LogP contribution >= 0.6 is 11.6 Å². The number of nitrogens with zero attached hydrogens (tertiary/aromatic N) is 2. The predicted molar refractivity (Wildman–Crippen MR) is 105 cm³/mol. The first-order valence-electron chi connectivity index (χ1n) is 8.43. The maximum absolute atomic E-state index is 6.18. The topological polar surface area (TPSA) is 60.2 Å². The number of rotatable bonds is 6. The van der Waals surface area contributed by atoms with E-state index in [0.29, 0.717) is 28.9 Å². The Labute approximate surface area is 161 Å². The standard InChI is InChI=1S/C21H16ClN3O2/c22-17-11-5-4-10-16(17)21-25-24-20(27-21)14-23-18-12-6-7-13-19(18)26-15-8-2-1-3-9-15/h1-13,23H,14H2. The van der Waals surface area contributed by atoms with Crippen molar-refractivity contribution in [3.05, 3.63) is 89.8 Å². The first-order valence-corrected chi connectivity index (χ1v) is 8.80. The highest BCUT2D eigenvalue weighted by atomic mass is 35.5. The van der Waals surface area contributed by atoms with Crippen LogP contribution in [0, 0.1) is 0 Å². The fraction of sp³-hybridized carbons (Fsp3) is 0.0476. The number of ether oxygens (including phenoxy) is 1. The Morgan fingerprint density at radius 3 is 2.44 bits per heavy atom. The van der Waals surface area contributed by atoms with Crippen LogP contribution in [0.4, 0.5) is 5.69 Å². The highest BCUT2D eigenvalue weighted by Crippen LogP contribution is 2.30. The zero-order valence-electron chi connectivity index (χ0n) is 14.3. The molecule has 0 aliphatic carbocycles. The second-order valence-electron chi connectivity index (χ2n) is 5.75. The van der Waals surface area contributed by atoms with Crippen LogP contribution in [0.25, 0.3) is 11.5 Å². The van der Waals surface area contributed by atoms with E-state index in [9.17, 15) is 0 Å². The van der Waals surface area contributed by atoms with Crippen molar-refractivity contribution in [1.82, 2.24) is 10.2 Å². The Balaban J connectivity index is 1.48. The first-order chi connectivity index (χ1) is 13.3. The molecule has 0 radical (unpaired) electrons. The molecule has 4 aromatic rings. The molecule has 1 aromatic heterocycles. The van der Waals surface area contributed by atoms with Crippen LogP contribution in [0.2, 0.25) is 5.02 Å². The highest BCUT2D eigenvalue weighted by molar-refractivity contribution is 6.33. The Kier molecular flexibility index (Phi) is 5.03. The maximum atomic E-state index is 6.18. The van der Waals surface area contributed by atoms with Crippen molar-refractivity contribution in [3.8, 4) is 23.0 Å². The minimum Gasteiger partial charge on any atom is -0.455 e. The molecular formula is C21H16ClN3O2. The number of anilines is 1. The van der Waals surface area contributed by atoms with Crippen LogP contribution in [0.5, 0.6) is 11.5 Å². The molecule has 3 aromatic carbocycles. The second kappa shape index (κ2) is 7.93. The van der Waals surface area contributed by atoms with Gasteiger partial charge in [-0.15, -0.1) is 10.2 Å². The lowest BCUT2D eigenvalue weighted by Crippen LogP contribution is -2.01. The molecule has 0 aliphatic rings. The molecule has 0 fully saturated rings. The van der Waals surface area contributed by atoms with Crippen molar-refractivity contribution in [2.45, 2.75) is 6.54 Å². The highest BCUT2D eigenvalue weighted by Gasteiger charge is 2.12. The van der Waals surface area contributed by atoms with Gasteiger partial charge in [0, 0.05) is 0 Å². The molecule has 6 heteroatoms. The minimum atomic E-state index is 0.368. The van der Waals surface area contributed by atoms with Gasteiger partial charge in [0.05, 0.1) is 22.8 Å². The van der Waals surface area contributed by atoms with Crippen LogP contribution < -0.4 is 10.1 Å². The van der Waals surface area contributed by atoms with Gasteiger partial charge in [0.25, 0.3) is 0 Å². The van der Waals surface area contributed by atoms with Crippen LogP contribution in [0.1, 0.15) is 5.89 Å². The maximum Gasteiger partial charge on any atom is 0.249 e. The molecule has 134 valence electrons. The fourth-order valence-corrected chi connectivity index (χ4v) is 2.77. The average Bonchev–Trinajstić information content (AvgIpc) is 3.17. The number of hydrogen-bond acceptors (Lipinski definition) is 5. The van der Waals surface area contributed by atoms with E-state index in [2.05, 4.69) is 15.5 Å². The van der Waals surface area contributed by atoms with Crippen LogP contribution in [0.15, 0.2) is 83.3 Å². The van der Waals surface area contributed by atoms with Gasteiger partial charge in [-0.1, -0.05) is 54.1 Å². The molecule has 1 N–H and O–H groups in total. The molecule has 0 bridgehead atoms. The predicted octanol–water partition coefficient (Wildman–Crippen LogP) is 5.79. The molecule has 4 rings (SSSR count). The average molecular weight is 378 g/mol. The lowest BCUT2D eigenvalue weighted by atomic mass is 10.2. The van der Waals surface area contributed by atoms with E-state index in [0.717, 1.165) is 17.2 Å². The Hall–Kier alpha value is -3.31. The molecular weight excluding hydrogens is 362 g/mol. The Morgan fingerprint density at radius 2 is 1.59 bits per heavy atom. The van der Waals surface area contributed by atoms with Crippen LogP contribution in [0.3, 0.4) is 0 Å². The summed E-state index contributed by atoms with van der Waals surface area (Å²) < 4.78 is 11.7. The minimum absolute atomic E-state index is 0.368. The van der Waals surface area contributed by atoms with Gasteiger partial charge < -0.3 is 14.5 Å². The SMILES string of the molecule is Clc1ccccc1-c1nnc(CNc2ccccc2Oc2ccccc2)o1. The third-order valence-electron chi connectivity index (χ3n) is 3.86. The third kappa shape index (κ3) is 4.10. The van der Waals surface area contributed by atoms with E-state index in [1.165, 1.54) is 0 Å². The summed E-state index contributed by atoms with van der Waals surface area (Å²) in [5.41, 5.74) is 1.55. The number of hydrogen-bond donors (Lipinski definition) is 1. The molecule has 0 atom stereocenters. The molecule has 1 heterocycles. The molecule has 0 spiro atoms. The smallest absolute Gasteiger partial charge is 0.249 e. The van der Waals surface area contributed by atoms with Gasteiger partial charge in [-0.2, -0.15) is 0 Å². The number of nitrogens with one attached hydrogen (secondary N) is 1. The van der Waals surface area contributed by atoms with Gasteiger partial charge >= 0.3 is 0 Å². The van der Waals surface area contributed by atoms with Gasteiger partial charge in [-0.25, -0.2) is 0 Å². The molecule has 0 saturated carbocycles. The van der Waals surface area contributed by atoms with Crippen molar-refractivity contribution in [2.24, 2.45) is 0 Å². The quantitative estimate of drug-likeness (QED) is 0.460. The van der Waals surface area contributed by atoms with Gasteiger partial charge in [0.1, 0.15) is 5.75 Å². The summed E-state index contributed by atoms with van der Waals surface area (Å²) in [6.07, 6.45) is 0. The van der Waals surface area contributed by atoms with E-state index < -0.39 is 0 Å². The van der Waals surface area contributed by atoms with Crippen molar-refractivity contribution in [3.63, 3.8) is 0 Å². The zero-order chi connectivity index (χ0) is 18.5. The molecule has 0 saturated heterocycles. The van der Waals surface area contributed by atoms with Crippen molar-refractivity contribution in [2.75, 3.05) is 5.32 Å². The summed E-state index contributed by atoms with van der Waals surface area (Å²) in [6.45, 7) is 0.368. The van der Waals surface area contributed by atoms with Crippen molar-refractivity contribution in [1.29, 1.82) is 0 Å². The largest absolute Gasteiger partial charge is 0.455 e. The van der Waals surface area contributed by atoms with Gasteiger partial charge in [-0.05, 0) is 36.4 Å². The lowest BCUT2D eigenvalue weighted by molar-refractivity contribution is 0.483. The van der Waals surface area contributed by atoms with E-state index in [1.807, 2.05) is 72.8 Å². The number of aromatic nitrogens is 2. The Bertz CT molecular complexity index is 1030. The first kappa shape index (κ1) is 17.1. The molecule has 5 nitrogen and oxygen atoms in total. The number of benzene rings is 3. The van der Waals surface area contributed by atoms with E-state index in [-0.39, 0.29) is 0 Å². The Morgan fingerprint density at radius 1 is 0.852 bits per heavy atom. The van der Waals surface area contributed by atoms with Crippen molar-refractivity contribution >= 4 is 17.3 Å². The number of para-hydroxylation sites is 3. The van der Waals surface area contributed by atoms with Gasteiger partial charge in [0.15, 0.2) is 5.75 Å². The zero-order valence-corrected chi connectivity index (χ0v) is 15.1. The van der Waals surface area contributed by atoms with E-state index in [1.54, 1.807) is 6.07 Å². The summed E-state index contributed by atoms with van der Waals surface area (Å²) in [5, 5.41) is 12.0. The second-order valence-corrected chi connectivity index (χ2v) is 6.15. The van der Waals surface area contributed by atoms with Crippen LogP contribution in [-0.2, 0) is 6.54 Å². The summed E-state index contributed by atoms with van der Waals surface area (Å²) in [7, 11) is 0. The molecule has 0 amide bonds. The monoisotopic (exact) mass is 377 g/mol. The lowest BCUT2D eigenvalue weighted by Gasteiger charge is -2.11. The summed E-state index contributed by atoms with van der Waals surface area (Å²) >= 11 is 6.18. The molecule has 0 aliphatic heterocycles.